The Morgan fingerprint density at radius 2 is 2.50 bits per heavy atom. The summed E-state index contributed by atoms with van der Waals surface area (Å²) in [5.74, 6) is -0.0807. The summed E-state index contributed by atoms with van der Waals surface area (Å²) < 4.78 is 5.69. The number of thiophene rings is 1. The minimum absolute atomic E-state index is 0.0807. The van der Waals surface area contributed by atoms with Crippen molar-refractivity contribution in [2.75, 3.05) is 26.7 Å². The van der Waals surface area contributed by atoms with Crippen LogP contribution in [0.4, 0.5) is 0 Å². The number of hydrogen-bond donors (Lipinski definition) is 2. The molecule has 0 saturated carbocycles. The molecule has 1 amide bonds. The van der Waals surface area contributed by atoms with E-state index in [1.807, 2.05) is 19.2 Å². The molecule has 7 heteroatoms. The molecule has 0 aromatic carbocycles. The Morgan fingerprint density at radius 3 is 3.23 bits per heavy atom. The van der Waals surface area contributed by atoms with Crippen molar-refractivity contribution in [1.29, 1.82) is 0 Å². The van der Waals surface area contributed by atoms with Gasteiger partial charge < -0.3 is 10.1 Å². The zero-order valence-electron chi connectivity index (χ0n) is 12.8. The molecule has 2 aromatic rings. The van der Waals surface area contributed by atoms with E-state index < -0.39 is 5.60 Å². The van der Waals surface area contributed by atoms with Crippen LogP contribution in [-0.4, -0.2) is 53.3 Å². The van der Waals surface area contributed by atoms with Crippen LogP contribution in [0.2, 0.25) is 0 Å². The van der Waals surface area contributed by atoms with E-state index >= 15 is 0 Å². The number of aromatic nitrogens is 2. The summed E-state index contributed by atoms with van der Waals surface area (Å²) in [5.41, 5.74) is 1.41. The molecule has 2 N–H and O–H groups in total. The first kappa shape index (κ1) is 15.2. The molecule has 0 aliphatic carbocycles. The van der Waals surface area contributed by atoms with E-state index in [9.17, 15) is 4.79 Å². The third-order valence-electron chi connectivity index (χ3n) is 3.94. The van der Waals surface area contributed by atoms with E-state index in [4.69, 9.17) is 4.74 Å². The fraction of sp³-hybridized carbons (Fsp3) is 0.467. The summed E-state index contributed by atoms with van der Waals surface area (Å²) in [6.45, 7) is 4.52. The van der Waals surface area contributed by atoms with Crippen molar-refractivity contribution in [2.24, 2.45) is 0 Å². The van der Waals surface area contributed by atoms with Gasteiger partial charge in [-0.25, -0.2) is 0 Å². The van der Waals surface area contributed by atoms with Crippen molar-refractivity contribution < 1.29 is 9.53 Å². The molecule has 118 valence electrons. The number of amides is 1. The van der Waals surface area contributed by atoms with Crippen LogP contribution in [0.15, 0.2) is 23.7 Å². The maximum absolute atomic E-state index is 12.0. The number of nitrogens with zero attached hydrogens (tertiary/aromatic N) is 2. The fourth-order valence-corrected chi connectivity index (χ4v) is 3.55. The number of carbonyl (C=O) groups excluding carboxylic acids is 1. The summed E-state index contributed by atoms with van der Waals surface area (Å²) >= 11 is 1.69. The van der Waals surface area contributed by atoms with E-state index in [1.165, 1.54) is 4.88 Å². The number of ether oxygens (including phenoxy) is 1. The van der Waals surface area contributed by atoms with Crippen molar-refractivity contribution in [3.8, 4) is 10.6 Å². The molecular weight excluding hydrogens is 300 g/mol. The second-order valence-corrected chi connectivity index (χ2v) is 6.56. The largest absolute Gasteiger partial charge is 0.363 e. The van der Waals surface area contributed by atoms with Crippen LogP contribution in [0.3, 0.4) is 0 Å². The first-order chi connectivity index (χ1) is 10.6. The number of carbonyl (C=O) groups is 1. The standard InChI is InChI=1S/C15H20N4O2S/c1-15(14(20)16-2)10-19(5-6-21-15)9-11-8-17-18-13(11)12-4-3-7-22-12/h3-4,7-8H,5-6,9-10H2,1-2H3,(H,16,20)(H,17,18). The van der Waals surface area contributed by atoms with Gasteiger partial charge in [0, 0.05) is 32.2 Å². The van der Waals surface area contributed by atoms with Gasteiger partial charge >= 0.3 is 0 Å². The molecule has 1 unspecified atom stereocenters. The Balaban J connectivity index is 1.74. The first-order valence-electron chi connectivity index (χ1n) is 7.27. The molecule has 3 heterocycles. The summed E-state index contributed by atoms with van der Waals surface area (Å²) in [4.78, 5) is 15.4. The van der Waals surface area contributed by atoms with E-state index in [1.54, 1.807) is 18.4 Å². The van der Waals surface area contributed by atoms with Gasteiger partial charge in [0.25, 0.3) is 5.91 Å². The van der Waals surface area contributed by atoms with Gasteiger partial charge in [0.05, 0.1) is 23.4 Å². The molecule has 1 aliphatic rings. The van der Waals surface area contributed by atoms with Gasteiger partial charge in [-0.3, -0.25) is 14.8 Å². The zero-order chi connectivity index (χ0) is 15.6. The third-order valence-corrected chi connectivity index (χ3v) is 4.83. The summed E-state index contributed by atoms with van der Waals surface area (Å²) in [5, 5.41) is 12.0. The molecule has 1 aliphatic heterocycles. The third kappa shape index (κ3) is 2.92. The van der Waals surface area contributed by atoms with Gasteiger partial charge in [-0.1, -0.05) is 6.07 Å². The van der Waals surface area contributed by atoms with Gasteiger partial charge in [0.2, 0.25) is 0 Å². The minimum Gasteiger partial charge on any atom is -0.363 e. The molecule has 1 saturated heterocycles. The van der Waals surface area contributed by atoms with Gasteiger partial charge in [-0.15, -0.1) is 11.3 Å². The molecule has 6 nitrogen and oxygen atoms in total. The van der Waals surface area contributed by atoms with Crippen LogP contribution in [0.1, 0.15) is 12.5 Å². The second-order valence-electron chi connectivity index (χ2n) is 5.62. The Morgan fingerprint density at radius 1 is 1.64 bits per heavy atom. The molecule has 0 radical (unpaired) electrons. The Bertz CT molecular complexity index is 640. The lowest BCUT2D eigenvalue weighted by atomic mass is 10.0. The summed E-state index contributed by atoms with van der Waals surface area (Å²) in [6, 6.07) is 4.11. The zero-order valence-corrected chi connectivity index (χ0v) is 13.6. The minimum atomic E-state index is -0.792. The number of rotatable bonds is 4. The van der Waals surface area contributed by atoms with Gasteiger partial charge in [-0.05, 0) is 18.4 Å². The fourth-order valence-electron chi connectivity index (χ4n) is 2.79. The molecular formula is C15H20N4O2S. The predicted molar refractivity (Wildman–Crippen MR) is 85.6 cm³/mol. The van der Waals surface area contributed by atoms with Crippen LogP contribution in [0, 0.1) is 0 Å². The van der Waals surface area contributed by atoms with Gasteiger partial charge in [0.15, 0.2) is 5.60 Å². The van der Waals surface area contributed by atoms with Gasteiger partial charge in [-0.2, -0.15) is 5.10 Å². The molecule has 1 atom stereocenters. The lowest BCUT2D eigenvalue weighted by Crippen LogP contribution is -2.57. The Labute approximate surface area is 133 Å². The highest BCUT2D eigenvalue weighted by atomic mass is 32.1. The van der Waals surface area contributed by atoms with Crippen molar-refractivity contribution in [3.05, 3.63) is 29.3 Å². The van der Waals surface area contributed by atoms with Crippen molar-refractivity contribution in [2.45, 2.75) is 19.1 Å². The number of nitrogens with one attached hydrogen (secondary N) is 2. The van der Waals surface area contributed by atoms with Crippen LogP contribution in [0.5, 0.6) is 0 Å². The van der Waals surface area contributed by atoms with Crippen LogP contribution in [0.25, 0.3) is 10.6 Å². The monoisotopic (exact) mass is 320 g/mol. The topological polar surface area (TPSA) is 70.2 Å². The number of aromatic amines is 1. The molecule has 3 rings (SSSR count). The van der Waals surface area contributed by atoms with E-state index in [-0.39, 0.29) is 5.91 Å². The van der Waals surface area contributed by atoms with Crippen LogP contribution < -0.4 is 5.32 Å². The number of likely N-dealkylation sites (N-methyl/N-ethyl adjacent to an activating group) is 1. The Hall–Kier alpha value is -1.70. The smallest absolute Gasteiger partial charge is 0.253 e. The highest BCUT2D eigenvalue weighted by Crippen LogP contribution is 2.28. The maximum Gasteiger partial charge on any atom is 0.253 e. The number of morpholine rings is 1. The summed E-state index contributed by atoms with van der Waals surface area (Å²) in [7, 11) is 1.64. The summed E-state index contributed by atoms with van der Waals surface area (Å²) in [6.07, 6.45) is 1.86. The molecule has 0 bridgehead atoms. The highest BCUT2D eigenvalue weighted by Gasteiger charge is 2.38. The van der Waals surface area contributed by atoms with E-state index in [0.29, 0.717) is 13.2 Å². The number of hydrogen-bond acceptors (Lipinski definition) is 5. The van der Waals surface area contributed by atoms with Gasteiger partial charge in [0.1, 0.15) is 0 Å². The quantitative estimate of drug-likeness (QED) is 0.895. The molecule has 2 aromatic heterocycles. The van der Waals surface area contributed by atoms with E-state index in [0.717, 1.165) is 24.3 Å². The second kappa shape index (κ2) is 6.20. The Kier molecular flexibility index (Phi) is 4.28. The number of H-pyrrole nitrogens is 1. The van der Waals surface area contributed by atoms with Crippen molar-refractivity contribution in [1.82, 2.24) is 20.4 Å². The average molecular weight is 320 g/mol. The van der Waals surface area contributed by atoms with Crippen molar-refractivity contribution >= 4 is 17.2 Å². The van der Waals surface area contributed by atoms with E-state index in [2.05, 4.69) is 31.9 Å². The van der Waals surface area contributed by atoms with Crippen LogP contribution in [-0.2, 0) is 16.1 Å². The SMILES string of the molecule is CNC(=O)C1(C)CN(Cc2cn[nH]c2-c2cccs2)CCO1. The highest BCUT2D eigenvalue weighted by molar-refractivity contribution is 7.13. The maximum atomic E-state index is 12.0. The lowest BCUT2D eigenvalue weighted by molar-refractivity contribution is -0.156. The predicted octanol–water partition coefficient (Wildman–Crippen LogP) is 1.48. The average Bonchev–Trinajstić information content (AvgIpc) is 3.17. The molecule has 0 spiro atoms. The normalized spacial score (nSPS) is 22.6. The lowest BCUT2D eigenvalue weighted by Gasteiger charge is -2.39. The van der Waals surface area contributed by atoms with Crippen LogP contribution >= 0.6 is 11.3 Å². The molecule has 1 fully saturated rings. The molecule has 22 heavy (non-hydrogen) atoms. The first-order valence-corrected chi connectivity index (χ1v) is 8.15. The van der Waals surface area contributed by atoms with Crippen molar-refractivity contribution in [3.63, 3.8) is 0 Å².